The second kappa shape index (κ2) is 10.6. The SMILES string of the molecule is CN1C(=O)N(CCCO)C(=O)C2C(Cc3ccc(Cl)cc3)=C(Oc3cccc(OC(F)(F)F)c3)SC21. The van der Waals surface area contributed by atoms with Gasteiger partial charge in [0.2, 0.25) is 5.91 Å². The van der Waals surface area contributed by atoms with Crippen LogP contribution in [-0.2, 0) is 11.2 Å². The van der Waals surface area contributed by atoms with Crippen LogP contribution in [0.2, 0.25) is 5.02 Å². The average molecular weight is 543 g/mol. The van der Waals surface area contributed by atoms with Gasteiger partial charge in [-0.05, 0) is 48.2 Å². The molecule has 3 amide bonds. The van der Waals surface area contributed by atoms with Crippen molar-refractivity contribution in [3.05, 3.63) is 69.8 Å². The van der Waals surface area contributed by atoms with Crippen molar-refractivity contribution in [2.24, 2.45) is 5.92 Å². The van der Waals surface area contributed by atoms with E-state index in [9.17, 15) is 27.9 Å². The van der Waals surface area contributed by atoms with Crippen LogP contribution >= 0.6 is 23.4 Å². The van der Waals surface area contributed by atoms with Crippen LogP contribution < -0.4 is 9.47 Å². The van der Waals surface area contributed by atoms with Crippen molar-refractivity contribution in [3.63, 3.8) is 0 Å². The summed E-state index contributed by atoms with van der Waals surface area (Å²) in [7, 11) is 1.58. The zero-order valence-corrected chi connectivity index (χ0v) is 20.6. The number of carbonyl (C=O) groups excluding carboxylic acids is 2. The van der Waals surface area contributed by atoms with Gasteiger partial charge in [0.05, 0.1) is 5.92 Å². The molecule has 2 aliphatic rings. The first-order chi connectivity index (χ1) is 17.1. The van der Waals surface area contributed by atoms with Crippen LogP contribution in [0, 0.1) is 5.92 Å². The summed E-state index contributed by atoms with van der Waals surface area (Å²) in [6, 6.07) is 11.6. The quantitative estimate of drug-likeness (QED) is 0.504. The summed E-state index contributed by atoms with van der Waals surface area (Å²) in [5.41, 5.74) is 1.42. The number of imide groups is 1. The highest BCUT2D eigenvalue weighted by molar-refractivity contribution is 8.03. The third-order valence-electron chi connectivity index (χ3n) is 5.69. The smallest absolute Gasteiger partial charge is 0.450 e. The van der Waals surface area contributed by atoms with Crippen LogP contribution in [0.3, 0.4) is 0 Å². The van der Waals surface area contributed by atoms with Crippen LogP contribution in [0.15, 0.2) is 59.2 Å². The molecular formula is C24H22ClF3N2O5S. The number of urea groups is 1. The largest absolute Gasteiger partial charge is 0.573 e. The van der Waals surface area contributed by atoms with Gasteiger partial charge in [-0.3, -0.25) is 9.69 Å². The van der Waals surface area contributed by atoms with Gasteiger partial charge in [-0.1, -0.05) is 41.6 Å². The van der Waals surface area contributed by atoms with Gasteiger partial charge in [0.1, 0.15) is 16.9 Å². The highest BCUT2D eigenvalue weighted by Crippen LogP contribution is 2.48. The molecule has 1 fully saturated rings. The summed E-state index contributed by atoms with van der Waals surface area (Å²) < 4.78 is 48.0. The number of nitrogens with zero attached hydrogens (tertiary/aromatic N) is 2. The average Bonchev–Trinajstić information content (AvgIpc) is 3.16. The fourth-order valence-electron chi connectivity index (χ4n) is 4.06. The number of benzene rings is 2. The predicted molar refractivity (Wildman–Crippen MR) is 127 cm³/mol. The highest BCUT2D eigenvalue weighted by atomic mass is 35.5. The fourth-order valence-corrected chi connectivity index (χ4v) is 5.56. The third-order valence-corrected chi connectivity index (χ3v) is 7.34. The number of hydrogen-bond donors (Lipinski definition) is 1. The van der Waals surface area contributed by atoms with Crippen LogP contribution in [0.5, 0.6) is 11.5 Å². The second-order valence-corrected chi connectivity index (χ2v) is 9.71. The van der Waals surface area contributed by atoms with E-state index in [1.54, 1.807) is 31.3 Å². The molecule has 2 heterocycles. The molecule has 2 atom stereocenters. The molecular weight excluding hydrogens is 521 g/mol. The summed E-state index contributed by atoms with van der Waals surface area (Å²) in [6.45, 7) is -0.116. The van der Waals surface area contributed by atoms with Gasteiger partial charge < -0.3 is 19.5 Å². The van der Waals surface area contributed by atoms with Gasteiger partial charge in [0.15, 0.2) is 5.09 Å². The van der Waals surface area contributed by atoms with Crippen molar-refractivity contribution >= 4 is 35.3 Å². The van der Waals surface area contributed by atoms with Crippen molar-refractivity contribution in [2.75, 3.05) is 20.2 Å². The second-order valence-electron chi connectivity index (χ2n) is 8.19. The molecule has 192 valence electrons. The van der Waals surface area contributed by atoms with Gasteiger partial charge in [-0.2, -0.15) is 0 Å². The molecule has 2 aromatic carbocycles. The zero-order chi connectivity index (χ0) is 26.0. The van der Waals surface area contributed by atoms with Crippen molar-refractivity contribution < 1.29 is 37.3 Å². The van der Waals surface area contributed by atoms with Gasteiger partial charge in [-0.25, -0.2) is 4.79 Å². The number of carbonyl (C=O) groups is 2. The standard InChI is InChI=1S/C24H22ClF3N2O5S/c1-29-21-19(20(32)30(23(29)33)10-3-11-31)18(12-14-6-8-15(25)9-7-14)22(36-21)34-16-4-2-5-17(13-16)35-24(26,27)28/h2,4-9,13,19,21,31H,3,10-12H2,1H3. The Morgan fingerprint density at radius 2 is 1.81 bits per heavy atom. The maximum Gasteiger partial charge on any atom is 0.573 e. The summed E-state index contributed by atoms with van der Waals surface area (Å²) in [4.78, 5) is 28.9. The van der Waals surface area contributed by atoms with Crippen molar-refractivity contribution in [3.8, 4) is 11.5 Å². The van der Waals surface area contributed by atoms with Crippen molar-refractivity contribution in [1.82, 2.24) is 9.80 Å². The Hall–Kier alpha value is -2.89. The zero-order valence-electron chi connectivity index (χ0n) is 19.0. The van der Waals surface area contributed by atoms with Crippen LogP contribution in [0.1, 0.15) is 12.0 Å². The molecule has 12 heteroatoms. The molecule has 2 aromatic rings. The minimum atomic E-state index is -4.86. The molecule has 1 N–H and O–H groups in total. The number of halogens is 4. The molecule has 0 radical (unpaired) electrons. The lowest BCUT2D eigenvalue weighted by atomic mass is 9.90. The van der Waals surface area contributed by atoms with E-state index in [0.29, 0.717) is 22.1 Å². The minimum absolute atomic E-state index is 0.0631. The van der Waals surface area contributed by atoms with Crippen molar-refractivity contribution in [1.29, 1.82) is 0 Å². The number of aliphatic hydroxyl groups excluding tert-OH is 1. The topological polar surface area (TPSA) is 79.3 Å². The molecule has 1 saturated heterocycles. The molecule has 7 nitrogen and oxygen atoms in total. The molecule has 0 saturated carbocycles. The highest BCUT2D eigenvalue weighted by Gasteiger charge is 2.52. The lowest BCUT2D eigenvalue weighted by Crippen LogP contribution is -2.59. The van der Waals surface area contributed by atoms with E-state index in [1.165, 1.54) is 17.0 Å². The van der Waals surface area contributed by atoms with E-state index in [4.69, 9.17) is 16.3 Å². The van der Waals surface area contributed by atoms with E-state index < -0.39 is 35.3 Å². The van der Waals surface area contributed by atoms with Gasteiger partial charge in [0, 0.05) is 31.3 Å². The number of aliphatic hydroxyl groups is 1. The number of rotatable bonds is 8. The first-order valence-corrected chi connectivity index (χ1v) is 12.2. The Kier molecular flexibility index (Phi) is 7.72. The molecule has 2 unspecified atom stereocenters. The summed E-state index contributed by atoms with van der Waals surface area (Å²) in [5, 5.41) is 9.47. The summed E-state index contributed by atoms with van der Waals surface area (Å²) >= 11 is 7.16. The predicted octanol–water partition coefficient (Wildman–Crippen LogP) is 5.04. The number of amides is 3. The normalized spacial score (nSPS) is 20.2. The molecule has 0 bridgehead atoms. The van der Waals surface area contributed by atoms with Crippen LogP contribution in [-0.4, -0.2) is 58.8 Å². The monoisotopic (exact) mass is 542 g/mol. The number of alkyl halides is 3. The summed E-state index contributed by atoms with van der Waals surface area (Å²) in [5.74, 6) is -1.51. The first kappa shape index (κ1) is 26.2. The third kappa shape index (κ3) is 5.74. The molecule has 4 rings (SSSR count). The molecule has 0 aromatic heterocycles. The Labute approximate surface area is 214 Å². The van der Waals surface area contributed by atoms with E-state index >= 15 is 0 Å². The van der Waals surface area contributed by atoms with E-state index in [-0.39, 0.29) is 25.3 Å². The lowest BCUT2D eigenvalue weighted by molar-refractivity contribution is -0.274. The number of fused-ring (bicyclic) bond motifs is 1. The van der Waals surface area contributed by atoms with Crippen molar-refractivity contribution in [2.45, 2.75) is 24.6 Å². The maximum absolute atomic E-state index is 13.5. The minimum Gasteiger partial charge on any atom is -0.450 e. The molecule has 36 heavy (non-hydrogen) atoms. The summed E-state index contributed by atoms with van der Waals surface area (Å²) in [6.07, 6.45) is -4.33. The van der Waals surface area contributed by atoms with Gasteiger partial charge >= 0.3 is 12.4 Å². The molecule has 2 aliphatic heterocycles. The molecule has 0 aliphatic carbocycles. The van der Waals surface area contributed by atoms with E-state index in [2.05, 4.69) is 4.74 Å². The Morgan fingerprint density at radius 1 is 1.11 bits per heavy atom. The van der Waals surface area contributed by atoms with Crippen LogP contribution in [0.4, 0.5) is 18.0 Å². The van der Waals surface area contributed by atoms with Crippen LogP contribution in [0.25, 0.3) is 0 Å². The number of ether oxygens (including phenoxy) is 2. The van der Waals surface area contributed by atoms with E-state index in [0.717, 1.165) is 34.4 Å². The van der Waals surface area contributed by atoms with Gasteiger partial charge in [0.25, 0.3) is 0 Å². The maximum atomic E-state index is 13.5. The molecule has 0 spiro atoms. The Balaban J connectivity index is 1.70. The fraction of sp³-hybridized carbons (Fsp3) is 0.333. The van der Waals surface area contributed by atoms with Gasteiger partial charge in [-0.15, -0.1) is 13.2 Å². The Bertz CT molecular complexity index is 1180. The van der Waals surface area contributed by atoms with E-state index in [1.807, 2.05) is 0 Å². The number of hydrogen-bond acceptors (Lipinski definition) is 6. The Morgan fingerprint density at radius 3 is 2.47 bits per heavy atom. The number of thioether (sulfide) groups is 1. The lowest BCUT2D eigenvalue weighted by Gasteiger charge is -2.40. The first-order valence-electron chi connectivity index (χ1n) is 10.9.